The van der Waals surface area contributed by atoms with Crippen LogP contribution in [0.25, 0.3) is 0 Å². The summed E-state index contributed by atoms with van der Waals surface area (Å²) in [5.41, 5.74) is 1.71. The zero-order valence-electron chi connectivity index (χ0n) is 18.5. The van der Waals surface area contributed by atoms with Crippen molar-refractivity contribution in [2.45, 2.75) is 38.5 Å². The van der Waals surface area contributed by atoms with E-state index >= 15 is 0 Å². The lowest BCUT2D eigenvalue weighted by atomic mass is 10.2. The van der Waals surface area contributed by atoms with E-state index in [1.54, 1.807) is 7.05 Å². The first kappa shape index (κ1) is 26.5. The largest absolute Gasteiger partial charge is 0.403 e. The Bertz CT molecular complexity index is 777. The average molecular weight is 568 g/mol. The average Bonchev–Trinajstić information content (AvgIpc) is 3.29. The number of piperazine rings is 1. The molecule has 11 heteroatoms. The number of anilines is 1. The fourth-order valence-electron chi connectivity index (χ4n) is 3.92. The third-order valence-electron chi connectivity index (χ3n) is 5.87. The highest BCUT2D eigenvalue weighted by molar-refractivity contribution is 14.0. The van der Waals surface area contributed by atoms with Crippen LogP contribution in [-0.2, 0) is 6.54 Å². The van der Waals surface area contributed by atoms with E-state index in [0.29, 0.717) is 38.7 Å². The van der Waals surface area contributed by atoms with Gasteiger partial charge in [-0.1, -0.05) is 12.1 Å². The molecule has 1 unspecified atom stereocenters. The second-order valence-electron chi connectivity index (χ2n) is 7.97. The lowest BCUT2D eigenvalue weighted by molar-refractivity contribution is -0.181. The van der Waals surface area contributed by atoms with Crippen LogP contribution in [-0.4, -0.2) is 85.2 Å². The molecule has 0 aromatic heterocycles. The summed E-state index contributed by atoms with van der Waals surface area (Å²) in [6, 6.07) is 6.09. The van der Waals surface area contributed by atoms with E-state index in [0.717, 1.165) is 37.2 Å². The van der Waals surface area contributed by atoms with Crippen molar-refractivity contribution in [2.75, 3.05) is 51.6 Å². The number of halogens is 4. The Kier molecular flexibility index (Phi) is 9.86. The molecule has 2 heterocycles. The minimum atomic E-state index is -4.21. The van der Waals surface area contributed by atoms with E-state index in [-0.39, 0.29) is 30.0 Å². The summed E-state index contributed by atoms with van der Waals surface area (Å²) in [4.78, 5) is 21.8. The van der Waals surface area contributed by atoms with E-state index < -0.39 is 12.2 Å². The molecule has 3 rings (SSSR count). The summed E-state index contributed by atoms with van der Waals surface area (Å²) in [5, 5.41) is 6.22. The van der Waals surface area contributed by atoms with Gasteiger partial charge in [0.05, 0.1) is 0 Å². The van der Waals surface area contributed by atoms with Crippen molar-refractivity contribution in [3.63, 3.8) is 0 Å². The Morgan fingerprint density at radius 3 is 2.34 bits per heavy atom. The van der Waals surface area contributed by atoms with Crippen molar-refractivity contribution < 1.29 is 18.0 Å². The minimum Gasteiger partial charge on any atom is -0.352 e. The van der Waals surface area contributed by atoms with E-state index in [2.05, 4.69) is 15.6 Å². The second-order valence-corrected chi connectivity index (χ2v) is 7.97. The van der Waals surface area contributed by atoms with Gasteiger partial charge >= 0.3 is 12.2 Å². The minimum absolute atomic E-state index is 0. The van der Waals surface area contributed by atoms with Gasteiger partial charge in [-0.15, -0.1) is 24.0 Å². The number of carbonyl (C=O) groups excluding carboxylic acids is 1. The molecular weight excluding hydrogens is 536 g/mol. The summed E-state index contributed by atoms with van der Waals surface area (Å²) in [6.45, 7) is 4.91. The van der Waals surface area contributed by atoms with Crippen molar-refractivity contribution in [1.29, 1.82) is 0 Å². The van der Waals surface area contributed by atoms with Gasteiger partial charge < -0.3 is 20.4 Å². The van der Waals surface area contributed by atoms with Crippen molar-refractivity contribution >= 4 is 41.7 Å². The van der Waals surface area contributed by atoms with Crippen LogP contribution < -0.4 is 10.6 Å². The third kappa shape index (κ3) is 7.12. The zero-order chi connectivity index (χ0) is 22.4. The normalized spacial score (nSPS) is 18.8. The number of amides is 2. The molecule has 2 fully saturated rings. The first-order chi connectivity index (χ1) is 14.8. The van der Waals surface area contributed by atoms with E-state index in [1.165, 1.54) is 11.8 Å². The molecule has 32 heavy (non-hydrogen) atoms. The van der Waals surface area contributed by atoms with Gasteiger partial charge in [-0.2, -0.15) is 13.2 Å². The van der Waals surface area contributed by atoms with Gasteiger partial charge in [-0.05, 0) is 37.5 Å². The summed E-state index contributed by atoms with van der Waals surface area (Å²) >= 11 is 0. The Hall–Kier alpha value is -1.76. The molecule has 0 spiro atoms. The predicted molar refractivity (Wildman–Crippen MR) is 131 cm³/mol. The fourth-order valence-corrected chi connectivity index (χ4v) is 3.92. The molecule has 2 aliphatic rings. The van der Waals surface area contributed by atoms with Gasteiger partial charge in [0, 0.05) is 58.5 Å². The summed E-state index contributed by atoms with van der Waals surface area (Å²) < 4.78 is 38.8. The molecule has 0 bridgehead atoms. The van der Waals surface area contributed by atoms with Crippen LogP contribution in [0, 0.1) is 0 Å². The molecule has 0 aliphatic carbocycles. The number of carbonyl (C=O) groups is 1. The van der Waals surface area contributed by atoms with Crippen LogP contribution in [0.15, 0.2) is 29.3 Å². The van der Waals surface area contributed by atoms with Crippen LogP contribution in [0.2, 0.25) is 0 Å². The maximum absolute atomic E-state index is 12.9. The summed E-state index contributed by atoms with van der Waals surface area (Å²) in [5.74, 6) is 0.658. The number of nitrogens with one attached hydrogen (secondary N) is 2. The molecule has 7 nitrogen and oxygen atoms in total. The Balaban J connectivity index is 0.00000363. The molecular formula is C21H32F3IN6O. The van der Waals surface area contributed by atoms with Crippen molar-refractivity contribution in [3.05, 3.63) is 29.8 Å². The van der Waals surface area contributed by atoms with Gasteiger partial charge in [0.2, 0.25) is 0 Å². The van der Waals surface area contributed by atoms with Gasteiger partial charge in [0.1, 0.15) is 6.04 Å². The molecule has 1 atom stereocenters. The number of likely N-dealkylation sites (tertiary alicyclic amines) is 1. The highest BCUT2D eigenvalue weighted by Crippen LogP contribution is 2.25. The maximum atomic E-state index is 12.9. The Morgan fingerprint density at radius 1 is 1.09 bits per heavy atom. The van der Waals surface area contributed by atoms with E-state index in [4.69, 9.17) is 0 Å². The lowest BCUT2D eigenvalue weighted by Crippen LogP contribution is -2.56. The Morgan fingerprint density at radius 2 is 1.75 bits per heavy atom. The number of benzene rings is 1. The highest BCUT2D eigenvalue weighted by atomic mass is 127. The number of guanidine groups is 1. The van der Waals surface area contributed by atoms with Crippen LogP contribution in [0.1, 0.15) is 25.3 Å². The monoisotopic (exact) mass is 568 g/mol. The van der Waals surface area contributed by atoms with Crippen LogP contribution in [0.3, 0.4) is 0 Å². The molecule has 0 radical (unpaired) electrons. The van der Waals surface area contributed by atoms with Gasteiger partial charge in [-0.3, -0.25) is 9.89 Å². The topological polar surface area (TPSA) is 63.2 Å². The summed E-state index contributed by atoms with van der Waals surface area (Å²) in [6.07, 6.45) is -2.13. The SMILES string of the molecule is CN=C(NCc1cccc(NC(=O)N2CCCC2)c1)N1CCN(C(C)C(F)(F)F)CC1.I. The summed E-state index contributed by atoms with van der Waals surface area (Å²) in [7, 11) is 1.67. The third-order valence-corrected chi connectivity index (χ3v) is 5.87. The standard InChI is InChI=1S/C21H31F3N6O.HI/c1-16(21(22,23)24)28-10-12-29(13-11-28)19(25-2)26-15-17-6-5-7-18(14-17)27-20(31)30-8-3-4-9-30;/h5-7,14,16H,3-4,8-13,15H2,1-2H3,(H,25,26)(H,27,31);1H. The smallest absolute Gasteiger partial charge is 0.352 e. The molecule has 2 amide bonds. The van der Waals surface area contributed by atoms with Gasteiger partial charge in [-0.25, -0.2) is 4.79 Å². The number of nitrogens with zero attached hydrogens (tertiary/aromatic N) is 4. The molecule has 2 N–H and O–H groups in total. The maximum Gasteiger partial charge on any atom is 0.403 e. The zero-order valence-corrected chi connectivity index (χ0v) is 20.8. The number of urea groups is 1. The fraction of sp³-hybridized carbons (Fsp3) is 0.619. The first-order valence-corrected chi connectivity index (χ1v) is 10.7. The second kappa shape index (κ2) is 11.9. The van der Waals surface area contributed by atoms with Crippen molar-refractivity contribution in [2.24, 2.45) is 4.99 Å². The molecule has 1 aromatic carbocycles. The number of aliphatic imine (C=N–C) groups is 1. The molecule has 180 valence electrons. The quantitative estimate of drug-likeness (QED) is 0.332. The number of alkyl halides is 3. The van der Waals surface area contributed by atoms with Gasteiger partial charge in [0.15, 0.2) is 5.96 Å². The van der Waals surface area contributed by atoms with Gasteiger partial charge in [0.25, 0.3) is 0 Å². The lowest BCUT2D eigenvalue weighted by Gasteiger charge is -2.39. The van der Waals surface area contributed by atoms with Crippen molar-refractivity contribution in [1.82, 2.24) is 20.0 Å². The molecule has 2 aliphatic heterocycles. The van der Waals surface area contributed by atoms with Crippen molar-refractivity contribution in [3.8, 4) is 0 Å². The number of hydrogen-bond acceptors (Lipinski definition) is 3. The highest BCUT2D eigenvalue weighted by Gasteiger charge is 2.41. The number of rotatable bonds is 4. The molecule has 0 saturated carbocycles. The van der Waals surface area contributed by atoms with E-state index in [1.807, 2.05) is 34.1 Å². The Labute approximate surface area is 204 Å². The molecule has 1 aromatic rings. The van der Waals surface area contributed by atoms with Crippen LogP contribution in [0.5, 0.6) is 0 Å². The van der Waals surface area contributed by atoms with Crippen LogP contribution >= 0.6 is 24.0 Å². The predicted octanol–water partition coefficient (Wildman–Crippen LogP) is 3.58. The number of hydrogen-bond donors (Lipinski definition) is 2. The van der Waals surface area contributed by atoms with Crippen LogP contribution in [0.4, 0.5) is 23.7 Å². The molecule has 2 saturated heterocycles. The first-order valence-electron chi connectivity index (χ1n) is 10.7. The van der Waals surface area contributed by atoms with E-state index in [9.17, 15) is 18.0 Å².